The summed E-state index contributed by atoms with van der Waals surface area (Å²) in [6, 6.07) is 10.5. The molecule has 2 heterocycles. The fraction of sp³-hybridized carbons (Fsp3) is 0.500. The van der Waals surface area contributed by atoms with Gasteiger partial charge in [-0.05, 0) is 49.1 Å². The van der Waals surface area contributed by atoms with E-state index in [1.807, 2.05) is 29.2 Å². The predicted octanol–water partition coefficient (Wildman–Crippen LogP) is 2.34. The van der Waals surface area contributed by atoms with Crippen LogP contribution in [0.1, 0.15) is 44.1 Å². The summed E-state index contributed by atoms with van der Waals surface area (Å²) < 4.78 is 5.24. The largest absolute Gasteiger partial charge is 0.497 e. The molecule has 0 aromatic heterocycles. The lowest BCUT2D eigenvalue weighted by atomic mass is 9.90. The van der Waals surface area contributed by atoms with Gasteiger partial charge in [-0.1, -0.05) is 12.8 Å². The maximum Gasteiger partial charge on any atom is 0.254 e. The van der Waals surface area contributed by atoms with Crippen molar-refractivity contribution < 1.29 is 9.53 Å². The Morgan fingerprint density at radius 2 is 2.04 bits per heavy atom. The van der Waals surface area contributed by atoms with E-state index in [0.717, 1.165) is 29.9 Å². The van der Waals surface area contributed by atoms with Gasteiger partial charge in [-0.15, -0.1) is 0 Å². The van der Waals surface area contributed by atoms with Crippen LogP contribution in [0.5, 0.6) is 5.75 Å². The molecule has 2 aliphatic heterocycles. The zero-order chi connectivity index (χ0) is 18.1. The van der Waals surface area contributed by atoms with Gasteiger partial charge in [0.2, 0.25) is 0 Å². The summed E-state index contributed by atoms with van der Waals surface area (Å²) in [6.45, 7) is 0. The highest BCUT2D eigenvalue weighted by molar-refractivity contribution is 6.03. The summed E-state index contributed by atoms with van der Waals surface area (Å²) in [5, 5.41) is 16.2. The molecule has 26 heavy (non-hydrogen) atoms. The number of nitrogens with one attached hydrogen (secondary N) is 2. The molecule has 1 saturated heterocycles. The zero-order valence-electron chi connectivity index (χ0n) is 15.0. The number of fused-ring (bicyclic) bond motifs is 3. The number of rotatable bonds is 4. The summed E-state index contributed by atoms with van der Waals surface area (Å²) in [7, 11) is 1.64. The molecule has 3 aliphatic rings. The van der Waals surface area contributed by atoms with Crippen LogP contribution in [0.3, 0.4) is 0 Å². The monoisotopic (exact) mass is 352 g/mol. The van der Waals surface area contributed by atoms with Crippen LogP contribution in [-0.4, -0.2) is 36.3 Å². The molecule has 3 unspecified atom stereocenters. The first-order valence-corrected chi connectivity index (χ1v) is 9.32. The van der Waals surface area contributed by atoms with Gasteiger partial charge in [0.05, 0.1) is 24.9 Å². The number of methoxy groups -OCH3 is 1. The normalized spacial score (nSPS) is 27.5. The second-order valence-corrected chi connectivity index (χ2v) is 7.12. The van der Waals surface area contributed by atoms with E-state index in [-0.39, 0.29) is 18.2 Å². The highest BCUT2D eigenvalue weighted by Crippen LogP contribution is 2.36. The SMILES string of the molecule is COc1ccc(C2=C(CCC#N)C(=O)N3C(N2)NC2CCCCC23)cc1. The molecule has 1 aromatic carbocycles. The van der Waals surface area contributed by atoms with Crippen LogP contribution >= 0.6 is 0 Å². The standard InChI is InChI=1S/C20H24N4O2/c1-26-14-10-8-13(9-11-14)18-15(5-4-12-21)19(25)24-17-7-3-2-6-16(17)22-20(24)23-18/h8-11,16-17,20,22-23H,2-7H2,1H3. The van der Waals surface area contributed by atoms with Gasteiger partial charge in [0, 0.05) is 18.0 Å². The summed E-state index contributed by atoms with van der Waals surface area (Å²) in [5.41, 5.74) is 2.49. The maximum absolute atomic E-state index is 13.3. The van der Waals surface area contributed by atoms with Crippen molar-refractivity contribution in [3.05, 3.63) is 35.4 Å². The molecule has 6 nitrogen and oxygen atoms in total. The fourth-order valence-electron chi connectivity index (χ4n) is 4.41. The minimum Gasteiger partial charge on any atom is -0.497 e. The number of hydrogen-bond donors (Lipinski definition) is 2. The second kappa shape index (κ2) is 7.00. The third kappa shape index (κ3) is 2.82. The molecule has 3 atom stereocenters. The van der Waals surface area contributed by atoms with Crippen molar-refractivity contribution in [2.24, 2.45) is 0 Å². The molecule has 4 rings (SSSR count). The number of benzene rings is 1. The summed E-state index contributed by atoms with van der Waals surface area (Å²) in [6.07, 6.45) is 5.17. The van der Waals surface area contributed by atoms with Crippen molar-refractivity contribution in [3.63, 3.8) is 0 Å². The highest BCUT2D eigenvalue weighted by Gasteiger charge is 2.47. The van der Waals surface area contributed by atoms with Crippen molar-refractivity contribution in [1.29, 1.82) is 5.26 Å². The number of carbonyl (C=O) groups is 1. The lowest BCUT2D eigenvalue weighted by Crippen LogP contribution is -2.55. The average molecular weight is 352 g/mol. The molecule has 2 fully saturated rings. The Bertz CT molecular complexity index is 765. The fourth-order valence-corrected chi connectivity index (χ4v) is 4.41. The number of nitriles is 1. The molecule has 2 N–H and O–H groups in total. The highest BCUT2D eigenvalue weighted by atomic mass is 16.5. The lowest BCUT2D eigenvalue weighted by molar-refractivity contribution is -0.131. The Labute approximate surface area is 153 Å². The molecule has 136 valence electrons. The number of ether oxygens (including phenoxy) is 1. The van der Waals surface area contributed by atoms with Gasteiger partial charge in [0.25, 0.3) is 5.91 Å². The summed E-state index contributed by atoms with van der Waals surface area (Å²) >= 11 is 0. The van der Waals surface area contributed by atoms with Gasteiger partial charge < -0.3 is 15.0 Å². The number of carbonyl (C=O) groups excluding carboxylic acids is 1. The van der Waals surface area contributed by atoms with E-state index >= 15 is 0 Å². The number of nitrogens with zero attached hydrogens (tertiary/aromatic N) is 2. The number of amides is 1. The van der Waals surface area contributed by atoms with Crippen LogP contribution in [0.25, 0.3) is 5.70 Å². The van der Waals surface area contributed by atoms with E-state index in [0.29, 0.717) is 24.5 Å². The molecule has 1 saturated carbocycles. The van der Waals surface area contributed by atoms with E-state index in [2.05, 4.69) is 16.7 Å². The van der Waals surface area contributed by atoms with Gasteiger partial charge in [0.15, 0.2) is 6.29 Å². The molecule has 1 aliphatic carbocycles. The molecule has 6 heteroatoms. The molecule has 0 bridgehead atoms. The van der Waals surface area contributed by atoms with Gasteiger partial charge in [-0.2, -0.15) is 5.26 Å². The van der Waals surface area contributed by atoms with Crippen LogP contribution in [0, 0.1) is 11.3 Å². The lowest BCUT2D eigenvalue weighted by Gasteiger charge is -2.38. The van der Waals surface area contributed by atoms with Crippen LogP contribution in [0.4, 0.5) is 0 Å². The minimum atomic E-state index is -0.168. The van der Waals surface area contributed by atoms with E-state index in [1.54, 1.807) is 7.11 Å². The molecule has 1 amide bonds. The molecule has 0 spiro atoms. The van der Waals surface area contributed by atoms with Crippen molar-refractivity contribution in [2.75, 3.05) is 7.11 Å². The zero-order valence-corrected chi connectivity index (χ0v) is 15.0. The van der Waals surface area contributed by atoms with E-state index in [1.165, 1.54) is 12.8 Å². The van der Waals surface area contributed by atoms with Crippen molar-refractivity contribution in [1.82, 2.24) is 15.5 Å². The van der Waals surface area contributed by atoms with Crippen LogP contribution in [0.2, 0.25) is 0 Å². The van der Waals surface area contributed by atoms with Crippen molar-refractivity contribution >= 4 is 11.6 Å². The first-order chi connectivity index (χ1) is 12.7. The topological polar surface area (TPSA) is 77.4 Å². The van der Waals surface area contributed by atoms with Gasteiger partial charge in [-0.25, -0.2) is 0 Å². The third-order valence-electron chi connectivity index (χ3n) is 5.68. The first-order valence-electron chi connectivity index (χ1n) is 9.32. The minimum absolute atomic E-state index is 0.0664. The van der Waals surface area contributed by atoms with Gasteiger partial charge in [-0.3, -0.25) is 10.1 Å². The first kappa shape index (κ1) is 16.9. The molecule has 0 radical (unpaired) electrons. The van der Waals surface area contributed by atoms with Crippen LogP contribution in [0.15, 0.2) is 29.8 Å². The van der Waals surface area contributed by atoms with E-state index < -0.39 is 0 Å². The number of hydrogen-bond acceptors (Lipinski definition) is 5. The summed E-state index contributed by atoms with van der Waals surface area (Å²) in [5.74, 6) is 0.846. The van der Waals surface area contributed by atoms with Crippen LogP contribution < -0.4 is 15.4 Å². The predicted molar refractivity (Wildman–Crippen MR) is 97.7 cm³/mol. The quantitative estimate of drug-likeness (QED) is 0.870. The average Bonchev–Trinajstić information content (AvgIpc) is 3.06. The Kier molecular flexibility index (Phi) is 4.56. The Hall–Kier alpha value is -2.52. The van der Waals surface area contributed by atoms with Crippen molar-refractivity contribution in [2.45, 2.75) is 56.9 Å². The third-order valence-corrected chi connectivity index (χ3v) is 5.68. The maximum atomic E-state index is 13.3. The molecule has 1 aromatic rings. The molecular weight excluding hydrogens is 328 g/mol. The second-order valence-electron chi connectivity index (χ2n) is 7.12. The smallest absolute Gasteiger partial charge is 0.254 e. The molecular formula is C20H24N4O2. The van der Waals surface area contributed by atoms with Gasteiger partial charge >= 0.3 is 0 Å². The van der Waals surface area contributed by atoms with E-state index in [4.69, 9.17) is 10.00 Å². The summed E-state index contributed by atoms with van der Waals surface area (Å²) in [4.78, 5) is 15.3. The Morgan fingerprint density at radius 3 is 2.77 bits per heavy atom. The van der Waals surface area contributed by atoms with Crippen LogP contribution in [-0.2, 0) is 4.79 Å². The van der Waals surface area contributed by atoms with E-state index in [9.17, 15) is 4.79 Å². The van der Waals surface area contributed by atoms with Gasteiger partial charge in [0.1, 0.15) is 5.75 Å². The Balaban J connectivity index is 1.70. The Morgan fingerprint density at radius 1 is 1.27 bits per heavy atom. The van der Waals surface area contributed by atoms with Crippen molar-refractivity contribution in [3.8, 4) is 11.8 Å².